The molecule has 4 rings (SSSR count). The number of carbonyl (C=O) groups is 2. The van der Waals surface area contributed by atoms with Gasteiger partial charge in [0, 0.05) is 12.0 Å². The number of ether oxygens (including phenoxy) is 2. The summed E-state index contributed by atoms with van der Waals surface area (Å²) in [5, 5.41) is 11.0. The van der Waals surface area contributed by atoms with Crippen molar-refractivity contribution in [2.45, 2.75) is 84.1 Å². The Kier molecular flexibility index (Phi) is 7.14. The Bertz CT molecular complexity index is 992. The van der Waals surface area contributed by atoms with Gasteiger partial charge in [0.1, 0.15) is 12.2 Å². The molecule has 1 aromatic carbocycles. The largest absolute Gasteiger partial charge is 0.445 e. The number of aromatic nitrogens is 2. The van der Waals surface area contributed by atoms with Crippen molar-refractivity contribution in [3.05, 3.63) is 47.8 Å². The number of alkyl carbamates (subject to hydrolysis) is 1. The molecule has 1 amide bonds. The first-order valence-corrected chi connectivity index (χ1v) is 12.3. The maximum atomic E-state index is 12.9. The van der Waals surface area contributed by atoms with Crippen LogP contribution in [-0.4, -0.2) is 33.6 Å². The van der Waals surface area contributed by atoms with Crippen LogP contribution in [0.5, 0.6) is 0 Å². The maximum absolute atomic E-state index is 12.9. The Hall–Kier alpha value is -3.03. The molecule has 0 radical (unpaired) electrons. The molecule has 0 saturated heterocycles. The third-order valence-electron chi connectivity index (χ3n) is 6.73. The average Bonchev–Trinajstić information content (AvgIpc) is 3.24. The fraction of sp³-hybridized carbons (Fsp3) is 0.577. The number of anilines is 1. The number of hydrogen-bond acceptors (Lipinski definition) is 6. The molecule has 0 spiro atoms. The summed E-state index contributed by atoms with van der Waals surface area (Å²) < 4.78 is 12.4. The van der Waals surface area contributed by atoms with Crippen LogP contribution in [0.3, 0.4) is 0 Å². The summed E-state index contributed by atoms with van der Waals surface area (Å²) in [4.78, 5) is 25.8. The number of fused-ring (bicyclic) bond motifs is 1. The van der Waals surface area contributed by atoms with Gasteiger partial charge in [0.2, 0.25) is 0 Å². The lowest BCUT2D eigenvalue weighted by atomic mass is 9.74. The van der Waals surface area contributed by atoms with E-state index < -0.39 is 23.8 Å². The second-order valence-corrected chi connectivity index (χ2v) is 10.4. The molecule has 3 atom stereocenters. The van der Waals surface area contributed by atoms with Crippen LogP contribution < -0.4 is 10.6 Å². The van der Waals surface area contributed by atoms with Gasteiger partial charge in [0.25, 0.3) is 0 Å². The predicted molar refractivity (Wildman–Crippen MR) is 130 cm³/mol. The lowest BCUT2D eigenvalue weighted by molar-refractivity contribution is 0.0499. The van der Waals surface area contributed by atoms with E-state index >= 15 is 0 Å². The summed E-state index contributed by atoms with van der Waals surface area (Å²) in [7, 11) is 0. The van der Waals surface area contributed by atoms with Crippen molar-refractivity contribution >= 4 is 17.9 Å². The summed E-state index contributed by atoms with van der Waals surface area (Å²) in [5.41, 5.74) is 1.61. The van der Waals surface area contributed by atoms with Gasteiger partial charge in [-0.3, -0.25) is 0 Å². The highest BCUT2D eigenvalue weighted by molar-refractivity contribution is 5.75. The molecule has 1 aliphatic carbocycles. The minimum atomic E-state index is -0.661. The zero-order valence-electron chi connectivity index (χ0n) is 20.5. The van der Waals surface area contributed by atoms with Gasteiger partial charge >= 0.3 is 12.2 Å². The summed E-state index contributed by atoms with van der Waals surface area (Å²) >= 11 is 0. The molecule has 0 bridgehead atoms. The van der Waals surface area contributed by atoms with Gasteiger partial charge in [-0.15, -0.1) is 0 Å². The number of hydrogen-bond donors (Lipinski definition) is 2. The summed E-state index contributed by atoms with van der Waals surface area (Å²) in [6.07, 6.45) is 6.59. The number of nitrogens with one attached hydrogen (secondary N) is 2. The van der Waals surface area contributed by atoms with E-state index in [-0.39, 0.29) is 18.6 Å². The molecule has 2 N–H and O–H groups in total. The van der Waals surface area contributed by atoms with Gasteiger partial charge in [-0.25, -0.2) is 9.59 Å². The molecule has 1 aliphatic heterocycles. The molecule has 3 unspecified atom stereocenters. The SMILES string of the molecule is CC1C(NC(=O)OCc2ccccc2)c2c(cnn2C(=O)OC(C)(C)C)NC1C1CCCCC1. The molecule has 1 saturated carbocycles. The third kappa shape index (κ3) is 5.54. The van der Waals surface area contributed by atoms with E-state index in [1.165, 1.54) is 23.9 Å². The zero-order chi connectivity index (χ0) is 24.3. The van der Waals surface area contributed by atoms with Crippen LogP contribution in [-0.2, 0) is 16.1 Å². The van der Waals surface area contributed by atoms with E-state index in [9.17, 15) is 9.59 Å². The first-order chi connectivity index (χ1) is 16.2. The Balaban J connectivity index is 1.58. The first-order valence-electron chi connectivity index (χ1n) is 12.3. The van der Waals surface area contributed by atoms with Crippen LogP contribution >= 0.6 is 0 Å². The standard InChI is InChI=1S/C26H36N4O4/c1-17-21(19-13-9-6-10-14-19)28-20-15-27-30(25(32)34-26(2,3)4)23(20)22(17)29-24(31)33-16-18-11-7-5-8-12-18/h5,7-8,11-12,15,17,19,21-22,28H,6,9-10,13-14,16H2,1-4H3,(H,29,31). The summed E-state index contributed by atoms with van der Waals surface area (Å²) in [6, 6.07) is 9.29. The maximum Gasteiger partial charge on any atom is 0.435 e. The Labute approximate surface area is 201 Å². The summed E-state index contributed by atoms with van der Waals surface area (Å²) in [5.74, 6) is 0.532. The van der Waals surface area contributed by atoms with Crippen molar-refractivity contribution in [3.63, 3.8) is 0 Å². The van der Waals surface area contributed by atoms with Gasteiger partial charge in [-0.05, 0) is 45.1 Å². The van der Waals surface area contributed by atoms with Crippen LogP contribution in [0, 0.1) is 11.8 Å². The number of rotatable bonds is 4. The number of benzene rings is 1. The molecule has 8 heteroatoms. The van der Waals surface area contributed by atoms with E-state index in [0.717, 1.165) is 24.1 Å². The lowest BCUT2D eigenvalue weighted by Crippen LogP contribution is -2.48. The first kappa shape index (κ1) is 24.1. The normalized spacial score (nSPS) is 22.9. The summed E-state index contributed by atoms with van der Waals surface area (Å²) in [6.45, 7) is 7.74. The lowest BCUT2D eigenvalue weighted by Gasteiger charge is -2.42. The fourth-order valence-corrected chi connectivity index (χ4v) is 5.12. The highest BCUT2D eigenvalue weighted by Crippen LogP contribution is 2.42. The van der Waals surface area contributed by atoms with Crippen molar-refractivity contribution in [1.82, 2.24) is 15.1 Å². The molecular weight excluding hydrogens is 432 g/mol. The van der Waals surface area contributed by atoms with Crippen LogP contribution in [0.15, 0.2) is 36.5 Å². The van der Waals surface area contributed by atoms with Crippen molar-refractivity contribution in [3.8, 4) is 0 Å². The highest BCUT2D eigenvalue weighted by Gasteiger charge is 2.42. The third-order valence-corrected chi connectivity index (χ3v) is 6.73. The van der Waals surface area contributed by atoms with Crippen LogP contribution in [0.25, 0.3) is 0 Å². The smallest absolute Gasteiger partial charge is 0.435 e. The Morgan fingerprint density at radius 2 is 1.85 bits per heavy atom. The minimum absolute atomic E-state index is 0.0257. The number of amides is 1. The fourth-order valence-electron chi connectivity index (χ4n) is 5.12. The highest BCUT2D eigenvalue weighted by atomic mass is 16.6. The Morgan fingerprint density at radius 1 is 1.15 bits per heavy atom. The van der Waals surface area contributed by atoms with E-state index in [0.29, 0.717) is 11.6 Å². The zero-order valence-corrected chi connectivity index (χ0v) is 20.5. The molecule has 2 aromatic rings. The van der Waals surface area contributed by atoms with E-state index in [4.69, 9.17) is 9.47 Å². The average molecular weight is 469 g/mol. The van der Waals surface area contributed by atoms with Crippen LogP contribution in [0.2, 0.25) is 0 Å². The molecule has 1 fully saturated rings. The molecule has 2 aliphatic rings. The second kappa shape index (κ2) is 10.1. The van der Waals surface area contributed by atoms with Crippen molar-refractivity contribution < 1.29 is 19.1 Å². The van der Waals surface area contributed by atoms with Crippen LogP contribution in [0.4, 0.5) is 15.3 Å². The molecule has 184 valence electrons. The van der Waals surface area contributed by atoms with Crippen LogP contribution in [0.1, 0.15) is 77.1 Å². The number of carbonyl (C=O) groups excluding carboxylic acids is 2. The minimum Gasteiger partial charge on any atom is -0.445 e. The van der Waals surface area contributed by atoms with E-state index in [1.807, 2.05) is 51.1 Å². The van der Waals surface area contributed by atoms with Gasteiger partial charge in [0.15, 0.2) is 0 Å². The molecule has 34 heavy (non-hydrogen) atoms. The second-order valence-electron chi connectivity index (χ2n) is 10.4. The topological polar surface area (TPSA) is 94.5 Å². The number of nitrogens with zero attached hydrogens (tertiary/aromatic N) is 2. The molecule has 8 nitrogen and oxygen atoms in total. The van der Waals surface area contributed by atoms with Gasteiger partial charge in [-0.1, -0.05) is 56.5 Å². The van der Waals surface area contributed by atoms with Gasteiger partial charge < -0.3 is 20.1 Å². The monoisotopic (exact) mass is 468 g/mol. The molecule has 1 aromatic heterocycles. The molecule has 2 heterocycles. The van der Waals surface area contributed by atoms with E-state index in [2.05, 4.69) is 22.7 Å². The van der Waals surface area contributed by atoms with Crippen molar-refractivity contribution in [2.24, 2.45) is 11.8 Å². The predicted octanol–water partition coefficient (Wildman–Crippen LogP) is 5.64. The quantitative estimate of drug-likeness (QED) is 0.603. The van der Waals surface area contributed by atoms with Gasteiger partial charge in [0.05, 0.1) is 23.6 Å². The van der Waals surface area contributed by atoms with Crippen molar-refractivity contribution in [2.75, 3.05) is 5.32 Å². The van der Waals surface area contributed by atoms with Gasteiger partial charge in [-0.2, -0.15) is 9.78 Å². The van der Waals surface area contributed by atoms with E-state index in [1.54, 1.807) is 6.20 Å². The Morgan fingerprint density at radius 3 is 2.53 bits per heavy atom. The molecular formula is C26H36N4O4. The van der Waals surface area contributed by atoms with Crippen molar-refractivity contribution in [1.29, 1.82) is 0 Å².